The zero-order valence-electron chi connectivity index (χ0n) is 6.37. The van der Waals surface area contributed by atoms with E-state index >= 15 is 0 Å². The van der Waals surface area contributed by atoms with Crippen LogP contribution < -0.4 is 5.73 Å². The highest BCUT2D eigenvalue weighted by atomic mass is 32.1. The average Bonchev–Trinajstić information content (AvgIpc) is 2.52. The van der Waals surface area contributed by atoms with Crippen molar-refractivity contribution in [1.82, 2.24) is 0 Å². The van der Waals surface area contributed by atoms with Crippen LogP contribution in [0.15, 0.2) is 12.1 Å². The van der Waals surface area contributed by atoms with E-state index in [4.69, 9.17) is 5.73 Å². The number of nitro groups is 1. The second kappa shape index (κ2) is 3.35. The van der Waals surface area contributed by atoms with Crippen LogP contribution in [0.5, 0.6) is 0 Å². The lowest BCUT2D eigenvalue weighted by molar-refractivity contribution is -0.380. The van der Waals surface area contributed by atoms with Crippen molar-refractivity contribution >= 4 is 16.3 Å². The molecule has 1 aromatic rings. The molecule has 0 saturated carbocycles. The van der Waals surface area contributed by atoms with Crippen molar-refractivity contribution in [3.63, 3.8) is 0 Å². The number of alkyl halides is 2. The lowest BCUT2D eigenvalue weighted by atomic mass is 10.3. The fourth-order valence-corrected chi connectivity index (χ4v) is 1.53. The minimum atomic E-state index is -3.17. The van der Waals surface area contributed by atoms with E-state index in [0.29, 0.717) is 11.3 Å². The van der Waals surface area contributed by atoms with Gasteiger partial charge in [-0.3, -0.25) is 10.1 Å². The molecule has 0 radical (unpaired) electrons. The Morgan fingerprint density at radius 1 is 1.62 bits per heavy atom. The van der Waals surface area contributed by atoms with Gasteiger partial charge in [0, 0.05) is 6.07 Å². The Labute approximate surface area is 76.1 Å². The smallest absolute Gasteiger partial charge is 0.324 e. The van der Waals surface area contributed by atoms with Crippen LogP contribution >= 0.6 is 11.3 Å². The minimum Gasteiger partial charge on any atom is -0.325 e. The van der Waals surface area contributed by atoms with Gasteiger partial charge in [-0.2, -0.15) is 8.78 Å². The monoisotopic (exact) mass is 208 g/mol. The quantitative estimate of drug-likeness (QED) is 0.607. The van der Waals surface area contributed by atoms with Crippen molar-refractivity contribution in [2.45, 2.75) is 5.92 Å². The summed E-state index contributed by atoms with van der Waals surface area (Å²) in [6, 6.07) is 2.07. The fourth-order valence-electron chi connectivity index (χ4n) is 0.723. The summed E-state index contributed by atoms with van der Waals surface area (Å²) >= 11 is 0.443. The number of hydrogen-bond donors (Lipinski definition) is 1. The second-order valence-electron chi connectivity index (χ2n) is 2.30. The molecule has 72 valence electrons. The molecule has 4 nitrogen and oxygen atoms in total. The van der Waals surface area contributed by atoms with E-state index in [-0.39, 0.29) is 9.88 Å². The van der Waals surface area contributed by atoms with Crippen LogP contribution in [0.25, 0.3) is 0 Å². The molecule has 0 spiro atoms. The van der Waals surface area contributed by atoms with Crippen molar-refractivity contribution in [1.29, 1.82) is 0 Å². The number of hydrogen-bond acceptors (Lipinski definition) is 4. The highest BCUT2D eigenvalue weighted by Crippen LogP contribution is 2.35. The molecule has 0 saturated heterocycles. The van der Waals surface area contributed by atoms with Gasteiger partial charge in [-0.1, -0.05) is 11.3 Å². The third-order valence-corrected chi connectivity index (χ3v) is 2.54. The van der Waals surface area contributed by atoms with E-state index in [1.54, 1.807) is 0 Å². The molecule has 0 fully saturated rings. The third-order valence-electron chi connectivity index (χ3n) is 1.39. The molecule has 0 aliphatic heterocycles. The Morgan fingerprint density at radius 3 is 2.62 bits per heavy atom. The summed E-state index contributed by atoms with van der Waals surface area (Å²) in [5, 5.41) is 9.87. The lowest BCUT2D eigenvalue weighted by Gasteiger charge is -2.09. The van der Waals surface area contributed by atoms with E-state index in [9.17, 15) is 18.9 Å². The summed E-state index contributed by atoms with van der Waals surface area (Å²) in [6.45, 7) is -0.843. The van der Waals surface area contributed by atoms with Crippen LogP contribution in [0.4, 0.5) is 13.8 Å². The topological polar surface area (TPSA) is 69.2 Å². The summed E-state index contributed by atoms with van der Waals surface area (Å²) in [5.41, 5.74) is 4.81. The molecule has 0 bridgehead atoms. The Morgan fingerprint density at radius 2 is 2.23 bits per heavy atom. The molecule has 0 atom stereocenters. The van der Waals surface area contributed by atoms with Gasteiger partial charge in [0.2, 0.25) is 0 Å². The molecule has 1 rings (SSSR count). The van der Waals surface area contributed by atoms with E-state index in [1.807, 2.05) is 0 Å². The van der Waals surface area contributed by atoms with Crippen molar-refractivity contribution in [2.75, 3.05) is 6.54 Å². The molecule has 0 aromatic carbocycles. The lowest BCUT2D eigenvalue weighted by Crippen LogP contribution is -2.23. The molecular weight excluding hydrogens is 202 g/mol. The van der Waals surface area contributed by atoms with Gasteiger partial charge in [-0.15, -0.1) is 0 Å². The first-order valence-electron chi connectivity index (χ1n) is 3.30. The maximum Gasteiger partial charge on any atom is 0.324 e. The van der Waals surface area contributed by atoms with Crippen LogP contribution in [-0.2, 0) is 5.92 Å². The van der Waals surface area contributed by atoms with Crippen LogP contribution in [-0.4, -0.2) is 11.5 Å². The van der Waals surface area contributed by atoms with Crippen LogP contribution in [0.3, 0.4) is 0 Å². The van der Waals surface area contributed by atoms with E-state index in [1.165, 1.54) is 0 Å². The van der Waals surface area contributed by atoms with Gasteiger partial charge in [0.25, 0.3) is 5.92 Å². The summed E-state index contributed by atoms with van der Waals surface area (Å²) in [5.74, 6) is -3.17. The van der Waals surface area contributed by atoms with Gasteiger partial charge < -0.3 is 5.73 Å². The van der Waals surface area contributed by atoms with Gasteiger partial charge in [-0.25, -0.2) is 0 Å². The first-order chi connectivity index (χ1) is 5.97. The van der Waals surface area contributed by atoms with Gasteiger partial charge in [0.05, 0.1) is 16.3 Å². The van der Waals surface area contributed by atoms with Crippen LogP contribution in [0.1, 0.15) is 4.88 Å². The van der Waals surface area contributed by atoms with Gasteiger partial charge in [0.1, 0.15) is 0 Å². The Kier molecular flexibility index (Phi) is 2.58. The number of nitrogens with two attached hydrogens (primary N) is 1. The summed E-state index contributed by atoms with van der Waals surface area (Å²) in [4.78, 5) is 9.09. The Balaban J connectivity index is 2.98. The van der Waals surface area contributed by atoms with E-state index in [2.05, 4.69) is 0 Å². The van der Waals surface area contributed by atoms with Crippen LogP contribution in [0, 0.1) is 10.1 Å². The standard InChI is InChI=1S/C6H6F2N2O2S/c7-6(8,3-9)4-1-2-5(13-4)10(11)12/h1-2H,3,9H2. The number of halogens is 2. The predicted molar refractivity (Wildman–Crippen MR) is 43.9 cm³/mol. The summed E-state index contributed by atoms with van der Waals surface area (Å²) < 4.78 is 25.6. The summed E-state index contributed by atoms with van der Waals surface area (Å²) in [6.07, 6.45) is 0. The first-order valence-corrected chi connectivity index (χ1v) is 4.11. The van der Waals surface area contributed by atoms with Gasteiger partial charge in [-0.05, 0) is 6.07 Å². The fraction of sp³-hybridized carbons (Fsp3) is 0.333. The zero-order chi connectivity index (χ0) is 10.1. The second-order valence-corrected chi connectivity index (χ2v) is 3.37. The van der Waals surface area contributed by atoms with Crippen LogP contribution in [0.2, 0.25) is 0 Å². The van der Waals surface area contributed by atoms with Crippen molar-refractivity contribution < 1.29 is 13.7 Å². The molecule has 1 aromatic heterocycles. The van der Waals surface area contributed by atoms with Crippen molar-refractivity contribution in [3.8, 4) is 0 Å². The highest BCUT2D eigenvalue weighted by Gasteiger charge is 2.32. The maximum atomic E-state index is 12.8. The SMILES string of the molecule is NCC(F)(F)c1ccc([N+](=O)[O-])s1. The van der Waals surface area contributed by atoms with Crippen molar-refractivity contribution in [3.05, 3.63) is 27.1 Å². The zero-order valence-corrected chi connectivity index (χ0v) is 7.18. The predicted octanol–water partition coefficient (Wildman–Crippen LogP) is 1.71. The Hall–Kier alpha value is -1.08. The summed E-state index contributed by atoms with van der Waals surface area (Å²) in [7, 11) is 0. The van der Waals surface area contributed by atoms with E-state index < -0.39 is 17.4 Å². The normalized spacial score (nSPS) is 11.6. The number of rotatable bonds is 3. The third kappa shape index (κ3) is 1.99. The van der Waals surface area contributed by atoms with Gasteiger partial charge in [0.15, 0.2) is 0 Å². The minimum absolute atomic E-state index is 0.303. The van der Waals surface area contributed by atoms with Gasteiger partial charge >= 0.3 is 5.00 Å². The van der Waals surface area contributed by atoms with Crippen molar-refractivity contribution in [2.24, 2.45) is 5.73 Å². The molecule has 0 unspecified atom stereocenters. The Bertz CT molecular complexity index is 326. The molecule has 2 N–H and O–H groups in total. The van der Waals surface area contributed by atoms with E-state index in [0.717, 1.165) is 12.1 Å². The highest BCUT2D eigenvalue weighted by molar-refractivity contribution is 7.15. The number of nitrogens with zero attached hydrogens (tertiary/aromatic N) is 1. The molecule has 7 heteroatoms. The molecule has 1 heterocycles. The molecule has 0 aliphatic carbocycles. The average molecular weight is 208 g/mol. The maximum absolute atomic E-state index is 12.8. The molecule has 0 amide bonds. The largest absolute Gasteiger partial charge is 0.325 e. The molecule has 13 heavy (non-hydrogen) atoms. The molecule has 0 aliphatic rings. The number of thiophene rings is 1. The molecular formula is C6H6F2N2O2S. The first kappa shape index (κ1) is 10.0.